The Hall–Kier alpha value is -2.08. The normalized spacial score (nSPS) is 14.7. The monoisotopic (exact) mass is 271 g/mol. The van der Waals surface area contributed by atoms with Crippen LogP contribution in [0.5, 0.6) is 0 Å². The van der Waals surface area contributed by atoms with Gasteiger partial charge in [-0.1, -0.05) is 43.3 Å². The molecule has 3 heteroatoms. The number of allylic oxidation sites excluding steroid dienone is 1. The summed E-state index contributed by atoms with van der Waals surface area (Å²) in [6.45, 7) is 7.68. The SMILES string of the molecule is C=CC[C@@](C#N)(C(=O)OCC)[C@@H](CC)c1ccccc1. The summed E-state index contributed by atoms with van der Waals surface area (Å²) in [4.78, 5) is 12.4. The molecule has 1 aromatic carbocycles. The second kappa shape index (κ2) is 7.49. The maximum absolute atomic E-state index is 12.4. The van der Waals surface area contributed by atoms with E-state index in [1.54, 1.807) is 13.0 Å². The van der Waals surface area contributed by atoms with E-state index in [4.69, 9.17) is 4.74 Å². The van der Waals surface area contributed by atoms with Gasteiger partial charge in [-0.15, -0.1) is 6.58 Å². The van der Waals surface area contributed by atoms with E-state index in [1.165, 1.54) is 0 Å². The molecule has 0 saturated heterocycles. The molecule has 0 aliphatic carbocycles. The Kier molecular flexibility index (Phi) is 5.99. The second-order valence-corrected chi connectivity index (χ2v) is 4.67. The van der Waals surface area contributed by atoms with Gasteiger partial charge in [0, 0.05) is 5.92 Å². The van der Waals surface area contributed by atoms with Crippen LogP contribution in [0.2, 0.25) is 0 Å². The van der Waals surface area contributed by atoms with Crippen LogP contribution < -0.4 is 0 Å². The lowest BCUT2D eigenvalue weighted by Crippen LogP contribution is -2.37. The van der Waals surface area contributed by atoms with Crippen molar-refractivity contribution < 1.29 is 9.53 Å². The largest absolute Gasteiger partial charge is 0.465 e. The molecule has 20 heavy (non-hydrogen) atoms. The van der Waals surface area contributed by atoms with Gasteiger partial charge in [-0.05, 0) is 25.3 Å². The number of nitriles is 1. The molecule has 0 heterocycles. The van der Waals surface area contributed by atoms with Crippen LogP contribution in [0.3, 0.4) is 0 Å². The molecule has 0 aliphatic rings. The van der Waals surface area contributed by atoms with E-state index in [0.717, 1.165) is 5.56 Å². The number of benzene rings is 1. The zero-order chi connectivity index (χ0) is 15.0. The lowest BCUT2D eigenvalue weighted by atomic mass is 9.69. The molecular formula is C17H21NO2. The molecule has 0 saturated carbocycles. The van der Waals surface area contributed by atoms with Crippen LogP contribution in [0.1, 0.15) is 38.2 Å². The van der Waals surface area contributed by atoms with E-state index >= 15 is 0 Å². The fraction of sp³-hybridized carbons (Fsp3) is 0.412. The predicted octanol–water partition coefficient (Wildman–Crippen LogP) is 3.83. The van der Waals surface area contributed by atoms with Crippen LogP contribution in [-0.4, -0.2) is 12.6 Å². The minimum Gasteiger partial charge on any atom is -0.465 e. The Labute approximate surface area is 120 Å². The lowest BCUT2D eigenvalue weighted by molar-refractivity contribution is -0.153. The fourth-order valence-corrected chi connectivity index (χ4v) is 2.58. The molecule has 0 aliphatic heterocycles. The third-order valence-corrected chi connectivity index (χ3v) is 3.51. The Morgan fingerprint density at radius 3 is 2.55 bits per heavy atom. The molecule has 1 rings (SSSR count). The van der Waals surface area contributed by atoms with Gasteiger partial charge in [0.15, 0.2) is 5.41 Å². The van der Waals surface area contributed by atoms with Crippen LogP contribution in [0.25, 0.3) is 0 Å². The van der Waals surface area contributed by atoms with E-state index in [0.29, 0.717) is 6.42 Å². The number of hydrogen-bond donors (Lipinski definition) is 0. The molecule has 2 atom stereocenters. The van der Waals surface area contributed by atoms with Crippen molar-refractivity contribution in [2.24, 2.45) is 5.41 Å². The van der Waals surface area contributed by atoms with Gasteiger partial charge in [-0.3, -0.25) is 4.79 Å². The quantitative estimate of drug-likeness (QED) is 0.559. The van der Waals surface area contributed by atoms with Crippen LogP contribution in [0, 0.1) is 16.7 Å². The number of rotatable bonds is 7. The smallest absolute Gasteiger partial charge is 0.327 e. The van der Waals surface area contributed by atoms with E-state index in [1.807, 2.05) is 37.3 Å². The molecule has 0 aromatic heterocycles. The summed E-state index contributed by atoms with van der Waals surface area (Å²) in [5, 5.41) is 9.67. The Morgan fingerprint density at radius 1 is 1.45 bits per heavy atom. The van der Waals surface area contributed by atoms with Crippen molar-refractivity contribution in [3.05, 3.63) is 48.6 Å². The average molecular weight is 271 g/mol. The van der Waals surface area contributed by atoms with Gasteiger partial charge in [0.1, 0.15) is 0 Å². The first-order valence-electron chi connectivity index (χ1n) is 6.90. The number of carbonyl (C=O) groups excluding carboxylic acids is 1. The van der Waals surface area contributed by atoms with Crippen molar-refractivity contribution in [2.75, 3.05) is 6.61 Å². The molecule has 0 radical (unpaired) electrons. The lowest BCUT2D eigenvalue weighted by Gasteiger charge is -2.31. The maximum Gasteiger partial charge on any atom is 0.327 e. The number of ether oxygens (including phenoxy) is 1. The summed E-state index contributed by atoms with van der Waals surface area (Å²) in [5.41, 5.74) is -0.222. The van der Waals surface area contributed by atoms with Crippen molar-refractivity contribution in [1.29, 1.82) is 5.26 Å². The molecular weight excluding hydrogens is 250 g/mol. The second-order valence-electron chi connectivity index (χ2n) is 4.67. The molecule has 1 aromatic rings. The molecule has 0 spiro atoms. The Bertz CT molecular complexity index is 489. The molecule has 0 N–H and O–H groups in total. The zero-order valence-electron chi connectivity index (χ0n) is 12.1. The van der Waals surface area contributed by atoms with Gasteiger partial charge < -0.3 is 4.74 Å². The highest BCUT2D eigenvalue weighted by Crippen LogP contribution is 2.42. The topological polar surface area (TPSA) is 50.1 Å². The van der Waals surface area contributed by atoms with Gasteiger partial charge in [-0.2, -0.15) is 5.26 Å². The Morgan fingerprint density at radius 2 is 2.10 bits per heavy atom. The average Bonchev–Trinajstić information content (AvgIpc) is 2.48. The number of nitrogens with zero attached hydrogens (tertiary/aromatic N) is 1. The minimum absolute atomic E-state index is 0.203. The van der Waals surface area contributed by atoms with E-state index in [9.17, 15) is 10.1 Å². The maximum atomic E-state index is 12.4. The van der Waals surface area contributed by atoms with Crippen LogP contribution >= 0.6 is 0 Å². The molecule has 0 amide bonds. The summed E-state index contributed by atoms with van der Waals surface area (Å²) < 4.78 is 5.15. The molecule has 3 nitrogen and oxygen atoms in total. The summed E-state index contributed by atoms with van der Waals surface area (Å²) in [7, 11) is 0. The van der Waals surface area contributed by atoms with Gasteiger partial charge in [0.05, 0.1) is 12.7 Å². The standard InChI is InChI=1S/C17H21NO2/c1-4-12-17(13-18,16(19)20-6-3)15(5-2)14-10-8-7-9-11-14/h4,7-11,15H,1,5-6,12H2,2-3H3/t15-,17-/m0/s1. The third-order valence-electron chi connectivity index (χ3n) is 3.51. The first kappa shape index (κ1) is 16.0. The highest BCUT2D eigenvalue weighted by Gasteiger charge is 2.46. The van der Waals surface area contributed by atoms with Crippen molar-refractivity contribution in [1.82, 2.24) is 0 Å². The predicted molar refractivity (Wildman–Crippen MR) is 79.0 cm³/mol. The first-order valence-corrected chi connectivity index (χ1v) is 6.90. The van der Waals surface area contributed by atoms with Crippen LogP contribution in [-0.2, 0) is 9.53 Å². The molecule has 0 unspecified atom stereocenters. The Balaban J connectivity index is 3.30. The van der Waals surface area contributed by atoms with Gasteiger partial charge in [-0.25, -0.2) is 0 Å². The molecule has 106 valence electrons. The first-order chi connectivity index (χ1) is 9.66. The van der Waals surface area contributed by atoms with E-state index in [-0.39, 0.29) is 18.9 Å². The fourth-order valence-electron chi connectivity index (χ4n) is 2.58. The van der Waals surface area contributed by atoms with E-state index in [2.05, 4.69) is 12.6 Å². The summed E-state index contributed by atoms with van der Waals surface area (Å²) in [6.07, 6.45) is 2.59. The van der Waals surface area contributed by atoms with Crippen molar-refractivity contribution in [3.8, 4) is 6.07 Å². The van der Waals surface area contributed by atoms with Gasteiger partial charge in [0.2, 0.25) is 0 Å². The number of hydrogen-bond acceptors (Lipinski definition) is 3. The van der Waals surface area contributed by atoms with Crippen LogP contribution in [0.4, 0.5) is 0 Å². The summed E-state index contributed by atoms with van der Waals surface area (Å²) in [6, 6.07) is 11.8. The highest BCUT2D eigenvalue weighted by molar-refractivity contribution is 5.81. The van der Waals surface area contributed by atoms with Gasteiger partial charge >= 0.3 is 5.97 Å². The molecule has 0 bridgehead atoms. The third kappa shape index (κ3) is 3.08. The molecule has 0 fully saturated rings. The van der Waals surface area contributed by atoms with Crippen molar-refractivity contribution in [2.45, 2.75) is 32.6 Å². The number of carbonyl (C=O) groups is 1. The highest BCUT2D eigenvalue weighted by atomic mass is 16.5. The number of esters is 1. The summed E-state index contributed by atoms with van der Waals surface area (Å²) >= 11 is 0. The zero-order valence-corrected chi connectivity index (χ0v) is 12.1. The minimum atomic E-state index is -1.20. The summed E-state index contributed by atoms with van der Waals surface area (Å²) in [5.74, 6) is -0.663. The van der Waals surface area contributed by atoms with Crippen molar-refractivity contribution >= 4 is 5.97 Å². The van der Waals surface area contributed by atoms with Crippen LogP contribution in [0.15, 0.2) is 43.0 Å². The van der Waals surface area contributed by atoms with E-state index < -0.39 is 11.4 Å². The van der Waals surface area contributed by atoms with Gasteiger partial charge in [0.25, 0.3) is 0 Å². The van der Waals surface area contributed by atoms with Crippen molar-refractivity contribution in [3.63, 3.8) is 0 Å².